The number of carbonyl (C=O) groups is 2. The van der Waals surface area contributed by atoms with E-state index >= 15 is 0 Å². The van der Waals surface area contributed by atoms with E-state index in [4.69, 9.17) is 9.84 Å². The van der Waals surface area contributed by atoms with E-state index in [0.717, 1.165) is 12.8 Å². The summed E-state index contributed by atoms with van der Waals surface area (Å²) in [5.74, 6) is -1.01. The molecule has 104 valence electrons. The van der Waals surface area contributed by atoms with Gasteiger partial charge in [-0.1, -0.05) is 0 Å². The van der Waals surface area contributed by atoms with Crippen LogP contribution in [0.1, 0.15) is 46.5 Å². The molecule has 1 aliphatic rings. The molecule has 1 heterocycles. The molecule has 0 bridgehead atoms. The third-order valence-electron chi connectivity index (χ3n) is 3.32. The highest BCUT2D eigenvalue weighted by Crippen LogP contribution is 2.22. The molecule has 5 heteroatoms. The third-order valence-corrected chi connectivity index (χ3v) is 3.32. The molecule has 1 rings (SSSR count). The molecule has 0 aromatic rings. The van der Waals surface area contributed by atoms with Crippen LogP contribution in [-0.2, 0) is 14.3 Å². The number of ether oxygens (including phenoxy) is 1. The second-order valence-corrected chi connectivity index (χ2v) is 5.65. The van der Waals surface area contributed by atoms with E-state index in [-0.39, 0.29) is 18.6 Å². The minimum Gasteiger partial charge on any atom is -0.481 e. The third kappa shape index (κ3) is 4.64. The highest BCUT2D eigenvalue weighted by atomic mass is 16.5. The van der Waals surface area contributed by atoms with E-state index in [0.29, 0.717) is 18.9 Å². The molecule has 0 aromatic carbocycles. The summed E-state index contributed by atoms with van der Waals surface area (Å²) in [5.41, 5.74) is -0.923. The maximum Gasteiger partial charge on any atom is 0.310 e. The van der Waals surface area contributed by atoms with E-state index in [2.05, 4.69) is 5.32 Å². The number of carboxylic acid groups (broad SMARTS) is 1. The summed E-state index contributed by atoms with van der Waals surface area (Å²) >= 11 is 0. The molecule has 0 aromatic heterocycles. The van der Waals surface area contributed by atoms with Gasteiger partial charge in [0.15, 0.2) is 0 Å². The van der Waals surface area contributed by atoms with E-state index in [9.17, 15) is 9.59 Å². The summed E-state index contributed by atoms with van der Waals surface area (Å²) < 4.78 is 5.62. The van der Waals surface area contributed by atoms with Gasteiger partial charge in [0, 0.05) is 13.0 Å². The number of hydrogen-bond acceptors (Lipinski definition) is 3. The lowest BCUT2D eigenvalue weighted by Gasteiger charge is -2.19. The predicted molar refractivity (Wildman–Crippen MR) is 67.2 cm³/mol. The molecular formula is C13H23NO4. The van der Waals surface area contributed by atoms with Gasteiger partial charge >= 0.3 is 5.97 Å². The summed E-state index contributed by atoms with van der Waals surface area (Å²) in [6, 6.07) is 0. The first-order valence-electron chi connectivity index (χ1n) is 6.47. The van der Waals surface area contributed by atoms with Crippen LogP contribution in [0.3, 0.4) is 0 Å². The molecule has 1 amide bonds. The van der Waals surface area contributed by atoms with Crippen molar-refractivity contribution in [2.45, 2.75) is 58.7 Å². The van der Waals surface area contributed by atoms with Gasteiger partial charge in [-0.3, -0.25) is 9.59 Å². The Labute approximate surface area is 108 Å². The Hall–Kier alpha value is -1.10. The lowest BCUT2D eigenvalue weighted by Crippen LogP contribution is -2.39. The Balaban J connectivity index is 2.20. The molecule has 1 saturated heterocycles. The lowest BCUT2D eigenvalue weighted by molar-refractivity contribution is -0.146. The Morgan fingerprint density at radius 1 is 1.39 bits per heavy atom. The fourth-order valence-corrected chi connectivity index (χ4v) is 1.87. The topological polar surface area (TPSA) is 75.6 Å². The Morgan fingerprint density at radius 2 is 2.06 bits per heavy atom. The largest absolute Gasteiger partial charge is 0.481 e. The minimum atomic E-state index is -0.923. The number of carboxylic acids is 1. The second kappa shape index (κ2) is 6.18. The number of aliphatic carboxylic acids is 1. The molecule has 5 nitrogen and oxygen atoms in total. The first-order valence-corrected chi connectivity index (χ1v) is 6.47. The molecule has 0 unspecified atom stereocenters. The van der Waals surface area contributed by atoms with Crippen molar-refractivity contribution in [1.29, 1.82) is 0 Å². The highest BCUT2D eigenvalue weighted by molar-refractivity contribution is 5.78. The number of rotatable bonds is 6. The lowest BCUT2D eigenvalue weighted by atomic mass is 9.94. The van der Waals surface area contributed by atoms with Crippen LogP contribution in [0.4, 0.5) is 0 Å². The zero-order valence-corrected chi connectivity index (χ0v) is 11.4. The Morgan fingerprint density at radius 3 is 2.56 bits per heavy atom. The van der Waals surface area contributed by atoms with Crippen molar-refractivity contribution < 1.29 is 19.4 Å². The van der Waals surface area contributed by atoms with Crippen molar-refractivity contribution in [3.63, 3.8) is 0 Å². The van der Waals surface area contributed by atoms with Crippen LogP contribution in [0.5, 0.6) is 0 Å². The molecular weight excluding hydrogens is 234 g/mol. The van der Waals surface area contributed by atoms with Crippen molar-refractivity contribution in [2.24, 2.45) is 5.41 Å². The molecule has 0 spiro atoms. The fourth-order valence-electron chi connectivity index (χ4n) is 1.87. The quantitative estimate of drug-likeness (QED) is 0.757. The maximum atomic E-state index is 11.6. The maximum absolute atomic E-state index is 11.6. The molecule has 0 saturated carbocycles. The number of hydrogen-bond donors (Lipinski definition) is 2. The molecule has 0 radical (unpaired) electrons. The monoisotopic (exact) mass is 257 g/mol. The van der Waals surface area contributed by atoms with E-state index < -0.39 is 11.4 Å². The van der Waals surface area contributed by atoms with Crippen LogP contribution in [0.15, 0.2) is 0 Å². The minimum absolute atomic E-state index is 0.104. The van der Waals surface area contributed by atoms with Gasteiger partial charge in [-0.05, 0) is 40.0 Å². The first kappa shape index (κ1) is 15.0. The fraction of sp³-hybridized carbons (Fsp3) is 0.846. The highest BCUT2D eigenvalue weighted by Gasteiger charge is 2.28. The molecule has 1 fully saturated rings. The number of carbonyl (C=O) groups excluding carboxylic acids is 1. The smallest absolute Gasteiger partial charge is 0.310 e. The van der Waals surface area contributed by atoms with Crippen LogP contribution in [-0.4, -0.2) is 35.7 Å². The summed E-state index contributed by atoms with van der Waals surface area (Å²) in [6.07, 6.45) is 3.65. The van der Waals surface area contributed by atoms with E-state index in [1.165, 1.54) is 0 Å². The van der Waals surface area contributed by atoms with Gasteiger partial charge in [0.1, 0.15) is 0 Å². The summed E-state index contributed by atoms with van der Waals surface area (Å²) in [6.45, 7) is 5.38. The number of amides is 1. The summed E-state index contributed by atoms with van der Waals surface area (Å²) in [7, 11) is 0. The molecule has 0 aliphatic carbocycles. The van der Waals surface area contributed by atoms with Gasteiger partial charge < -0.3 is 15.2 Å². The van der Waals surface area contributed by atoms with Gasteiger partial charge in [0.2, 0.25) is 5.91 Å². The van der Waals surface area contributed by atoms with Gasteiger partial charge in [0.05, 0.1) is 17.6 Å². The molecule has 1 aliphatic heterocycles. The zero-order chi connectivity index (χ0) is 13.8. The van der Waals surface area contributed by atoms with Gasteiger partial charge in [-0.2, -0.15) is 0 Å². The van der Waals surface area contributed by atoms with Crippen LogP contribution < -0.4 is 5.32 Å². The van der Waals surface area contributed by atoms with Gasteiger partial charge in [-0.15, -0.1) is 0 Å². The van der Waals surface area contributed by atoms with Crippen molar-refractivity contribution in [3.8, 4) is 0 Å². The van der Waals surface area contributed by atoms with Crippen molar-refractivity contribution >= 4 is 11.9 Å². The van der Waals surface area contributed by atoms with Crippen molar-refractivity contribution in [1.82, 2.24) is 5.32 Å². The predicted octanol–water partition coefficient (Wildman–Crippen LogP) is 1.56. The van der Waals surface area contributed by atoms with E-state index in [1.54, 1.807) is 13.8 Å². The Bertz CT molecular complexity index is 314. The summed E-state index contributed by atoms with van der Waals surface area (Å²) in [4.78, 5) is 22.5. The summed E-state index contributed by atoms with van der Waals surface area (Å²) in [5, 5.41) is 11.6. The second-order valence-electron chi connectivity index (χ2n) is 5.65. The Kier molecular flexibility index (Phi) is 5.14. The van der Waals surface area contributed by atoms with Crippen LogP contribution in [0, 0.1) is 5.41 Å². The standard InChI is InChI=1S/C13H23NO4/c1-9-4-5-10(18-9)6-7-11(15)14-8-13(2,3)12(16)17/h9-10H,4-8H2,1-3H3,(H,14,15)(H,16,17)/t9-,10-/m0/s1. The van der Waals surface area contributed by atoms with Crippen LogP contribution in [0.2, 0.25) is 0 Å². The van der Waals surface area contributed by atoms with Crippen molar-refractivity contribution in [2.75, 3.05) is 6.54 Å². The average Bonchev–Trinajstić information content (AvgIpc) is 2.69. The zero-order valence-electron chi connectivity index (χ0n) is 11.4. The number of nitrogens with one attached hydrogen (secondary N) is 1. The van der Waals surface area contributed by atoms with Gasteiger partial charge in [0.25, 0.3) is 0 Å². The molecule has 2 N–H and O–H groups in total. The van der Waals surface area contributed by atoms with Crippen LogP contribution >= 0.6 is 0 Å². The normalized spacial score (nSPS) is 23.9. The van der Waals surface area contributed by atoms with Gasteiger partial charge in [-0.25, -0.2) is 0 Å². The first-order chi connectivity index (χ1) is 8.31. The van der Waals surface area contributed by atoms with Crippen molar-refractivity contribution in [3.05, 3.63) is 0 Å². The van der Waals surface area contributed by atoms with Crippen LogP contribution in [0.25, 0.3) is 0 Å². The SMILES string of the molecule is C[C@H]1CC[C@@H](CCC(=O)NCC(C)(C)C(=O)O)O1. The molecule has 2 atom stereocenters. The van der Waals surface area contributed by atoms with E-state index in [1.807, 2.05) is 6.92 Å². The average molecular weight is 257 g/mol. The molecule has 18 heavy (non-hydrogen) atoms.